The van der Waals surface area contributed by atoms with Crippen molar-refractivity contribution in [3.05, 3.63) is 154 Å². The second-order valence-electron chi connectivity index (χ2n) is 13.0. The van der Waals surface area contributed by atoms with Crippen molar-refractivity contribution < 1.29 is 42.9 Å². The summed E-state index contributed by atoms with van der Waals surface area (Å²) in [6.07, 6.45) is -2.85. The number of nitrogens with one attached hydrogen (secondary N) is 1. The van der Waals surface area contributed by atoms with Crippen LogP contribution in [0, 0.1) is 6.92 Å². The lowest BCUT2D eigenvalue weighted by molar-refractivity contribution is -0.256. The molecule has 1 N–H and O–H groups in total. The fourth-order valence-electron chi connectivity index (χ4n) is 6.30. The summed E-state index contributed by atoms with van der Waals surface area (Å²) in [5.74, 6) is -1.98. The van der Waals surface area contributed by atoms with Gasteiger partial charge in [0, 0.05) is 18.4 Å². The van der Waals surface area contributed by atoms with Crippen molar-refractivity contribution in [3.8, 4) is 0 Å². The van der Waals surface area contributed by atoms with Crippen LogP contribution in [-0.4, -0.2) is 87.1 Å². The Labute approximate surface area is 331 Å². The summed E-state index contributed by atoms with van der Waals surface area (Å²) in [6.45, 7) is 1.94. The van der Waals surface area contributed by atoms with Gasteiger partial charge in [0.05, 0.1) is 13.2 Å². The molecule has 292 valence electrons. The number of hydrogen-bond donors (Lipinski definition) is 1. The number of tetrazole rings is 1. The minimum absolute atomic E-state index is 0.0547. The van der Waals surface area contributed by atoms with Crippen LogP contribution in [0.5, 0.6) is 0 Å². The van der Waals surface area contributed by atoms with Crippen molar-refractivity contribution >= 4 is 35.7 Å². The highest BCUT2D eigenvalue weighted by Gasteiger charge is 2.67. The number of nitrogens with zero attached hydrogens (tertiary/aromatic N) is 5. The number of carbonyl (C=O) groups is 4. The normalized spacial score (nSPS) is 17.4. The van der Waals surface area contributed by atoms with Gasteiger partial charge >= 0.3 is 12.1 Å². The highest BCUT2D eigenvalue weighted by molar-refractivity contribution is 7.99. The maximum atomic E-state index is 14.5. The first kappa shape index (κ1) is 38.9. The van der Waals surface area contributed by atoms with E-state index in [4.69, 9.17) is 23.7 Å². The monoisotopic (exact) mass is 790 g/mol. The first-order valence-corrected chi connectivity index (χ1v) is 18.9. The van der Waals surface area contributed by atoms with E-state index in [9.17, 15) is 19.2 Å². The van der Waals surface area contributed by atoms with Crippen LogP contribution in [0.2, 0.25) is 0 Å². The van der Waals surface area contributed by atoms with Crippen LogP contribution in [0.25, 0.3) is 0 Å². The number of thioether (sulfide) groups is 1. The molecule has 0 saturated carbocycles. The minimum atomic E-state index is -1.92. The van der Waals surface area contributed by atoms with Crippen LogP contribution in [0.3, 0.4) is 0 Å². The lowest BCUT2D eigenvalue weighted by atomic mass is 9.94. The Balaban J connectivity index is 1.10. The molecule has 0 bridgehead atoms. The number of fused-ring (bicyclic) bond motifs is 1. The number of ether oxygens (including phenoxy) is 5. The maximum Gasteiger partial charge on any atom is 0.508 e. The Bertz CT molecular complexity index is 2200. The van der Waals surface area contributed by atoms with Crippen LogP contribution in [0.1, 0.15) is 38.7 Å². The maximum absolute atomic E-state index is 14.5. The highest BCUT2D eigenvalue weighted by Crippen LogP contribution is 2.42. The van der Waals surface area contributed by atoms with E-state index in [1.54, 1.807) is 30.3 Å². The van der Waals surface area contributed by atoms with Crippen LogP contribution in [0.15, 0.2) is 132 Å². The van der Waals surface area contributed by atoms with E-state index in [0.717, 1.165) is 16.0 Å². The highest BCUT2D eigenvalue weighted by atomic mass is 32.2. The molecule has 3 heterocycles. The van der Waals surface area contributed by atoms with Crippen molar-refractivity contribution in [2.75, 3.05) is 26.1 Å². The molecule has 0 unspecified atom stereocenters. The number of amides is 2. The molecule has 5 aromatic rings. The van der Waals surface area contributed by atoms with Crippen LogP contribution >= 0.6 is 11.8 Å². The molecule has 0 aliphatic carbocycles. The molecule has 1 fully saturated rings. The zero-order valence-corrected chi connectivity index (χ0v) is 31.8. The molecular weight excluding hydrogens is 753 g/mol. The van der Waals surface area contributed by atoms with E-state index in [1.807, 2.05) is 91.9 Å². The zero-order chi connectivity index (χ0) is 39.8. The molecular formula is C41H38N6O9S. The van der Waals surface area contributed by atoms with Crippen molar-refractivity contribution in [1.82, 2.24) is 30.4 Å². The molecule has 57 heavy (non-hydrogen) atoms. The number of β-lactam (4-membered cyclic amide) rings is 1. The third-order valence-electron chi connectivity index (χ3n) is 9.26. The zero-order valence-electron chi connectivity index (χ0n) is 31.0. The fraction of sp³-hybridized carbons (Fsp3) is 0.244. The van der Waals surface area contributed by atoms with Gasteiger partial charge in [0.25, 0.3) is 17.5 Å². The molecule has 2 aliphatic heterocycles. The van der Waals surface area contributed by atoms with Crippen molar-refractivity contribution in [2.45, 2.75) is 43.3 Å². The quantitative estimate of drug-likeness (QED) is 0.0652. The van der Waals surface area contributed by atoms with Gasteiger partial charge in [0.1, 0.15) is 18.9 Å². The van der Waals surface area contributed by atoms with Gasteiger partial charge in [0.2, 0.25) is 5.16 Å². The lowest BCUT2D eigenvalue weighted by Crippen LogP contribution is -2.82. The molecule has 7 rings (SSSR count). The summed E-state index contributed by atoms with van der Waals surface area (Å²) in [6, 6.07) is 34.4. The van der Waals surface area contributed by atoms with Gasteiger partial charge < -0.3 is 29.0 Å². The topological polar surface area (TPSA) is 173 Å². The van der Waals surface area contributed by atoms with Gasteiger partial charge in [-0.1, -0.05) is 120 Å². The van der Waals surface area contributed by atoms with Crippen LogP contribution in [-0.2, 0) is 46.4 Å². The van der Waals surface area contributed by atoms with Gasteiger partial charge in [0.15, 0.2) is 12.3 Å². The van der Waals surface area contributed by atoms with E-state index < -0.39 is 42.0 Å². The minimum Gasteiger partial charge on any atom is -0.448 e. The largest absolute Gasteiger partial charge is 0.508 e. The predicted molar refractivity (Wildman–Crippen MR) is 204 cm³/mol. The molecule has 15 nitrogen and oxygen atoms in total. The first-order valence-electron chi connectivity index (χ1n) is 17.9. The third-order valence-corrected chi connectivity index (χ3v) is 10.3. The van der Waals surface area contributed by atoms with Gasteiger partial charge in [-0.25, -0.2) is 14.3 Å². The van der Waals surface area contributed by atoms with E-state index in [0.29, 0.717) is 27.4 Å². The average Bonchev–Trinajstić information content (AvgIpc) is 3.71. The van der Waals surface area contributed by atoms with Gasteiger partial charge in [-0.05, 0) is 51.7 Å². The van der Waals surface area contributed by atoms with E-state index >= 15 is 0 Å². The fourth-order valence-corrected chi connectivity index (χ4v) is 7.19. The Kier molecular flexibility index (Phi) is 12.0. The van der Waals surface area contributed by atoms with Gasteiger partial charge in [-0.3, -0.25) is 14.5 Å². The lowest BCUT2D eigenvalue weighted by Gasteiger charge is -2.55. The SMILES string of the molecule is CO[C@@]1(NC(=O)c2ccccc2)C(=O)N2C(C(=O)OC(c3ccccc3)c3ccccc3)=C(CSc3nnnn3CCOC(=O)OCc3ccc(C)cc3)CO[C@@H]21. The summed E-state index contributed by atoms with van der Waals surface area (Å²) in [4.78, 5) is 55.3. The molecule has 4 aromatic carbocycles. The Hall–Kier alpha value is -6.36. The Morgan fingerprint density at radius 2 is 1.56 bits per heavy atom. The average molecular weight is 791 g/mol. The summed E-state index contributed by atoms with van der Waals surface area (Å²) in [5.41, 5.74) is 2.09. The van der Waals surface area contributed by atoms with E-state index in [-0.39, 0.29) is 37.8 Å². The van der Waals surface area contributed by atoms with Gasteiger partial charge in [-0.2, -0.15) is 0 Å². The molecule has 0 spiro atoms. The molecule has 16 heteroatoms. The Morgan fingerprint density at radius 3 is 2.21 bits per heavy atom. The molecule has 2 amide bonds. The summed E-state index contributed by atoms with van der Waals surface area (Å²) in [5, 5.41) is 14.9. The predicted octanol–water partition coefficient (Wildman–Crippen LogP) is 4.99. The molecule has 0 radical (unpaired) electrons. The summed E-state index contributed by atoms with van der Waals surface area (Å²) >= 11 is 1.17. The first-order chi connectivity index (χ1) is 27.8. The smallest absolute Gasteiger partial charge is 0.448 e. The second-order valence-corrected chi connectivity index (χ2v) is 13.9. The Morgan fingerprint density at radius 1 is 0.912 bits per heavy atom. The summed E-state index contributed by atoms with van der Waals surface area (Å²) in [7, 11) is 1.28. The number of hydrogen-bond acceptors (Lipinski definition) is 13. The van der Waals surface area contributed by atoms with E-state index in [1.165, 1.54) is 23.6 Å². The summed E-state index contributed by atoms with van der Waals surface area (Å²) < 4.78 is 30.0. The van der Waals surface area contributed by atoms with Crippen molar-refractivity contribution in [2.24, 2.45) is 0 Å². The number of rotatable bonds is 15. The van der Waals surface area contributed by atoms with Gasteiger partial charge in [-0.15, -0.1) is 5.10 Å². The number of esters is 1. The second kappa shape index (κ2) is 17.6. The standard InChI is InChI=1S/C41H38N6O9S/c1-27-18-20-28(21-19-27)24-55-40(51)53-23-22-46-39(43-44-45-46)57-26-32-25-54-38-41(52-2,42-35(48)31-16-10-5-11-17-31)37(50)47(38)33(32)36(49)56-34(29-12-6-3-7-13-29)30-14-8-4-9-15-30/h3-21,34,38H,22-26H2,1-2H3,(H,42,48)/t38-,41+/m1/s1. The van der Waals surface area contributed by atoms with Crippen LogP contribution in [0.4, 0.5) is 4.79 Å². The third kappa shape index (κ3) is 8.57. The van der Waals surface area contributed by atoms with Crippen LogP contribution < -0.4 is 5.32 Å². The number of methoxy groups -OCH3 is 1. The van der Waals surface area contributed by atoms with Crippen molar-refractivity contribution in [3.63, 3.8) is 0 Å². The van der Waals surface area contributed by atoms with Crippen molar-refractivity contribution in [1.29, 1.82) is 0 Å². The molecule has 2 aliphatic rings. The molecule has 1 aromatic heterocycles. The molecule has 2 atom stereocenters. The van der Waals surface area contributed by atoms with E-state index in [2.05, 4.69) is 20.8 Å². The number of benzene rings is 4. The molecule has 1 saturated heterocycles. The number of aryl methyl sites for hydroxylation is 1. The number of aromatic nitrogens is 4. The number of carbonyl (C=O) groups excluding carboxylic acids is 4.